The topological polar surface area (TPSA) is 110 Å². The van der Waals surface area contributed by atoms with Gasteiger partial charge in [0.05, 0.1) is 0 Å². The molecule has 0 aliphatic carbocycles. The minimum Gasteiger partial charge on any atom is -0.481 e. The smallest absolute Gasteiger partial charge is 0.303 e. The van der Waals surface area contributed by atoms with Gasteiger partial charge in [-0.25, -0.2) is 0 Å². The number of rotatable bonds is 12. The molecule has 13 heteroatoms. The molecule has 2 fully saturated rings. The summed E-state index contributed by atoms with van der Waals surface area (Å²) in [5, 5.41) is 14.6. The number of piperazine rings is 2. The van der Waals surface area contributed by atoms with E-state index in [4.69, 9.17) is 51.5 Å². The highest BCUT2D eigenvalue weighted by atomic mass is 35.5. The van der Waals surface area contributed by atoms with Crippen LogP contribution in [0.15, 0.2) is 98.1 Å². The fourth-order valence-electron chi connectivity index (χ4n) is 7.18. The zero-order chi connectivity index (χ0) is 44.5. The molecule has 0 spiro atoms. The first-order chi connectivity index (χ1) is 29.3. The minimum atomic E-state index is -0.800. The van der Waals surface area contributed by atoms with Gasteiger partial charge in [0, 0.05) is 108 Å². The standard InChI is InChI=1S/C24H26Cl2N2O2.C17H16Cl2O2.C7H12N2O/c1-3-17-16-22(26)20(19-7-5-6-8-21(19)25)15-18(17)9-10-24(30)28-13-11-27(12-14-28)23(29)4-2;1-2-11-10-16(19)14(9-12(11)7-8-17(20)21)13-5-3-4-6-15(13)18;1-2-7(10)9-5-3-8-4-6-9/h4-8,15-16H,2-3,9-14H2,1H3;3-6,9-10H,2,7-8H2,1H3,(H,20,21);2,8H,1,3-6H2. The minimum absolute atomic E-state index is 0.0431. The number of nitrogens with one attached hydrogen (secondary N) is 1. The molecule has 61 heavy (non-hydrogen) atoms. The first kappa shape index (κ1) is 49.0. The van der Waals surface area contributed by atoms with Gasteiger partial charge in [-0.1, -0.05) is 110 Å². The maximum atomic E-state index is 12.7. The molecule has 0 bridgehead atoms. The number of carboxylic acid groups (broad SMARTS) is 1. The summed E-state index contributed by atoms with van der Waals surface area (Å²) >= 11 is 25.5. The van der Waals surface area contributed by atoms with Crippen LogP contribution in [0.5, 0.6) is 0 Å². The molecule has 0 saturated carbocycles. The Morgan fingerprint density at radius 2 is 0.984 bits per heavy atom. The second-order valence-electron chi connectivity index (χ2n) is 14.5. The summed E-state index contributed by atoms with van der Waals surface area (Å²) in [6.07, 6.45) is 6.01. The molecule has 2 aliphatic heterocycles. The average Bonchev–Trinajstić information content (AvgIpc) is 3.28. The predicted molar refractivity (Wildman–Crippen MR) is 250 cm³/mol. The lowest BCUT2D eigenvalue weighted by Crippen LogP contribution is -2.50. The number of aryl methyl sites for hydroxylation is 4. The molecule has 2 heterocycles. The fourth-order valence-corrected chi connectivity index (χ4v) is 8.23. The molecule has 4 aromatic rings. The third-order valence-corrected chi connectivity index (χ3v) is 11.9. The molecule has 2 saturated heterocycles. The van der Waals surface area contributed by atoms with Crippen LogP contribution in [0.25, 0.3) is 22.3 Å². The third kappa shape index (κ3) is 14.2. The van der Waals surface area contributed by atoms with Crippen LogP contribution in [0.4, 0.5) is 0 Å². The first-order valence-electron chi connectivity index (χ1n) is 20.5. The largest absolute Gasteiger partial charge is 0.481 e. The van der Waals surface area contributed by atoms with E-state index in [-0.39, 0.29) is 24.1 Å². The number of hydrogen-bond donors (Lipinski definition) is 2. The van der Waals surface area contributed by atoms with Gasteiger partial charge in [0.1, 0.15) is 0 Å². The molecule has 0 atom stereocenters. The van der Waals surface area contributed by atoms with E-state index >= 15 is 0 Å². The molecule has 6 rings (SSSR count). The van der Waals surface area contributed by atoms with Gasteiger partial charge in [-0.2, -0.15) is 0 Å². The van der Waals surface area contributed by atoms with Gasteiger partial charge < -0.3 is 25.1 Å². The summed E-state index contributed by atoms with van der Waals surface area (Å²) < 4.78 is 0. The van der Waals surface area contributed by atoms with Crippen molar-refractivity contribution in [3.8, 4) is 22.3 Å². The third-order valence-electron chi connectivity index (χ3n) is 10.6. The van der Waals surface area contributed by atoms with E-state index in [1.54, 1.807) is 9.80 Å². The Bertz CT molecular complexity index is 2180. The normalized spacial score (nSPS) is 13.6. The number of carboxylic acids is 1. The number of nitrogens with zero attached hydrogens (tertiary/aromatic N) is 3. The van der Waals surface area contributed by atoms with Gasteiger partial charge in [-0.05, 0) is 96.5 Å². The van der Waals surface area contributed by atoms with Crippen molar-refractivity contribution in [2.45, 2.75) is 52.4 Å². The number of carbonyl (C=O) groups is 4. The van der Waals surface area contributed by atoms with Crippen molar-refractivity contribution in [3.63, 3.8) is 0 Å². The Morgan fingerprint density at radius 3 is 1.39 bits per heavy atom. The first-order valence-corrected chi connectivity index (χ1v) is 22.0. The van der Waals surface area contributed by atoms with Crippen molar-refractivity contribution in [2.24, 2.45) is 0 Å². The summed E-state index contributed by atoms with van der Waals surface area (Å²) in [7, 11) is 0. The lowest BCUT2D eigenvalue weighted by Gasteiger charge is -2.34. The Kier molecular flexibility index (Phi) is 19.9. The summed E-state index contributed by atoms with van der Waals surface area (Å²) in [5.41, 5.74) is 7.84. The number of amides is 3. The molecule has 2 N–H and O–H groups in total. The number of halogens is 4. The van der Waals surface area contributed by atoms with Crippen LogP contribution in [-0.4, -0.2) is 95.9 Å². The van der Waals surface area contributed by atoms with Crippen LogP contribution in [0.1, 0.15) is 48.9 Å². The van der Waals surface area contributed by atoms with E-state index < -0.39 is 5.97 Å². The summed E-state index contributed by atoms with van der Waals surface area (Å²) in [4.78, 5) is 51.6. The van der Waals surface area contributed by atoms with Gasteiger partial charge in [-0.15, -0.1) is 0 Å². The van der Waals surface area contributed by atoms with Gasteiger partial charge in [-0.3, -0.25) is 19.2 Å². The van der Waals surface area contributed by atoms with Crippen molar-refractivity contribution in [1.82, 2.24) is 20.0 Å². The fraction of sp³-hybridized carbons (Fsp3) is 0.333. The van der Waals surface area contributed by atoms with Crippen LogP contribution in [0, 0.1) is 0 Å². The van der Waals surface area contributed by atoms with Crippen molar-refractivity contribution in [2.75, 3.05) is 52.4 Å². The average molecular weight is 909 g/mol. The molecule has 2 aliphatic rings. The quantitative estimate of drug-likeness (QED) is 0.137. The zero-order valence-corrected chi connectivity index (χ0v) is 37.9. The Morgan fingerprint density at radius 1 is 0.574 bits per heavy atom. The second-order valence-corrected chi connectivity index (χ2v) is 16.1. The summed E-state index contributed by atoms with van der Waals surface area (Å²) in [5.74, 6) is -0.729. The number of benzene rings is 4. The van der Waals surface area contributed by atoms with E-state index in [2.05, 4.69) is 31.5 Å². The highest BCUT2D eigenvalue weighted by Gasteiger charge is 2.23. The van der Waals surface area contributed by atoms with E-state index in [0.29, 0.717) is 65.5 Å². The van der Waals surface area contributed by atoms with Crippen molar-refractivity contribution in [1.29, 1.82) is 0 Å². The van der Waals surface area contributed by atoms with Gasteiger partial charge in [0.2, 0.25) is 17.7 Å². The molecule has 0 aromatic heterocycles. The lowest BCUT2D eigenvalue weighted by atomic mass is 9.95. The molecular formula is C48H54Cl4N4O5. The van der Waals surface area contributed by atoms with Crippen molar-refractivity contribution < 1.29 is 24.3 Å². The maximum Gasteiger partial charge on any atom is 0.303 e. The summed E-state index contributed by atoms with van der Waals surface area (Å²) in [6, 6.07) is 23.1. The van der Waals surface area contributed by atoms with E-state index in [0.717, 1.165) is 83.5 Å². The molecule has 0 radical (unpaired) electrons. The summed E-state index contributed by atoms with van der Waals surface area (Å²) in [6.45, 7) is 16.7. The van der Waals surface area contributed by atoms with Gasteiger partial charge >= 0.3 is 5.97 Å². The van der Waals surface area contributed by atoms with Crippen LogP contribution >= 0.6 is 46.4 Å². The molecule has 3 amide bonds. The van der Waals surface area contributed by atoms with Crippen molar-refractivity contribution >= 4 is 70.1 Å². The van der Waals surface area contributed by atoms with Gasteiger partial charge in [0.15, 0.2) is 0 Å². The Hall–Kier alpha value is -4.64. The van der Waals surface area contributed by atoms with Crippen LogP contribution in [0.3, 0.4) is 0 Å². The zero-order valence-electron chi connectivity index (χ0n) is 34.8. The van der Waals surface area contributed by atoms with Crippen LogP contribution in [-0.2, 0) is 44.9 Å². The van der Waals surface area contributed by atoms with Crippen LogP contribution in [0.2, 0.25) is 20.1 Å². The SMILES string of the molecule is C=CC(=O)N1CCN(C(=O)CCc2cc(-c3ccccc3Cl)c(Cl)cc2CC)CC1.C=CC(=O)N1CCNCC1.CCc1cc(Cl)c(-c2ccccc2Cl)cc1CCC(=O)O. The van der Waals surface area contributed by atoms with Crippen LogP contribution < -0.4 is 5.32 Å². The molecule has 324 valence electrons. The highest BCUT2D eigenvalue weighted by molar-refractivity contribution is 6.37. The van der Waals surface area contributed by atoms with Gasteiger partial charge in [0.25, 0.3) is 0 Å². The highest BCUT2D eigenvalue weighted by Crippen LogP contribution is 2.37. The second kappa shape index (κ2) is 24.7. The molecule has 4 aromatic carbocycles. The van der Waals surface area contributed by atoms with E-state index in [1.807, 2.05) is 78.6 Å². The van der Waals surface area contributed by atoms with E-state index in [9.17, 15) is 19.2 Å². The number of hydrogen-bond acceptors (Lipinski definition) is 5. The maximum absolute atomic E-state index is 12.7. The Balaban J connectivity index is 0.000000228. The van der Waals surface area contributed by atoms with E-state index in [1.165, 1.54) is 12.2 Å². The Labute approximate surface area is 379 Å². The lowest BCUT2D eigenvalue weighted by molar-refractivity contribution is -0.137. The molecular weight excluding hydrogens is 854 g/mol. The molecule has 9 nitrogen and oxygen atoms in total. The van der Waals surface area contributed by atoms with Crippen molar-refractivity contribution in [3.05, 3.63) is 140 Å². The predicted octanol–water partition coefficient (Wildman–Crippen LogP) is 9.86. The molecule has 0 unspecified atom stereocenters. The monoisotopic (exact) mass is 906 g/mol. The number of carbonyl (C=O) groups excluding carboxylic acids is 3. The number of aliphatic carboxylic acids is 1.